The number of rotatable bonds is 11. The van der Waals surface area contributed by atoms with Crippen LogP contribution in [-0.2, 0) is 32.6 Å². The van der Waals surface area contributed by atoms with Gasteiger partial charge in [-0.15, -0.1) is 0 Å². The summed E-state index contributed by atoms with van der Waals surface area (Å²) in [6.45, 7) is 2.38. The van der Waals surface area contributed by atoms with Crippen LogP contribution in [0.25, 0.3) is 0 Å². The zero-order valence-electron chi connectivity index (χ0n) is 25.4. The third-order valence-corrected chi connectivity index (χ3v) is 9.46. The molecule has 9 nitrogen and oxygen atoms in total. The van der Waals surface area contributed by atoms with Crippen LogP contribution in [0.4, 0.5) is 5.69 Å². The number of hydrogen-bond donors (Lipinski definition) is 1. The summed E-state index contributed by atoms with van der Waals surface area (Å²) < 4.78 is 38.6. The molecule has 1 atom stereocenters. The van der Waals surface area contributed by atoms with Crippen LogP contribution in [0.1, 0.15) is 48.8 Å². The molecule has 234 valence electrons. The van der Waals surface area contributed by atoms with Crippen molar-refractivity contribution in [1.29, 1.82) is 0 Å². The highest BCUT2D eigenvalue weighted by molar-refractivity contribution is 7.92. The van der Waals surface area contributed by atoms with Crippen molar-refractivity contribution in [3.8, 4) is 11.5 Å². The van der Waals surface area contributed by atoms with Crippen molar-refractivity contribution in [2.45, 2.75) is 64.1 Å². The van der Waals surface area contributed by atoms with Gasteiger partial charge < -0.3 is 19.7 Å². The lowest BCUT2D eigenvalue weighted by atomic mass is 9.94. The number of carbonyl (C=O) groups excluding carboxylic acids is 2. The fourth-order valence-electron chi connectivity index (χ4n) is 5.87. The average Bonchev–Trinajstić information content (AvgIpc) is 3.02. The molecule has 1 N–H and O–H groups in total. The number of nitrogens with zero attached hydrogens (tertiary/aromatic N) is 2. The van der Waals surface area contributed by atoms with Crippen molar-refractivity contribution in [3.63, 3.8) is 0 Å². The Bertz CT molecular complexity index is 1560. The molecular formula is C34H41N3O6S. The van der Waals surface area contributed by atoms with Crippen LogP contribution < -0.4 is 19.1 Å². The molecule has 0 aromatic heterocycles. The van der Waals surface area contributed by atoms with Crippen LogP contribution >= 0.6 is 0 Å². The molecule has 0 bridgehead atoms. The number of aryl methyl sites for hydroxylation is 1. The lowest BCUT2D eigenvalue weighted by molar-refractivity contribution is -0.140. The SMILES string of the molecule is Cc1ccccc1CN(C(=O)CN(c1ccc2c(c1)OCCO2)S(C)(=O)=O)[C@H](Cc1ccccc1)C(=O)NC1CCCCC1. The maximum Gasteiger partial charge on any atom is 0.244 e. The fourth-order valence-corrected chi connectivity index (χ4v) is 6.71. The van der Waals surface area contributed by atoms with Gasteiger partial charge in [-0.2, -0.15) is 0 Å². The van der Waals surface area contributed by atoms with Crippen molar-refractivity contribution >= 4 is 27.5 Å². The van der Waals surface area contributed by atoms with Gasteiger partial charge in [0, 0.05) is 25.1 Å². The van der Waals surface area contributed by atoms with Gasteiger partial charge in [0.1, 0.15) is 25.8 Å². The number of amides is 2. The Balaban J connectivity index is 1.51. The third kappa shape index (κ3) is 7.91. The third-order valence-electron chi connectivity index (χ3n) is 8.32. The predicted octanol–water partition coefficient (Wildman–Crippen LogP) is 4.62. The van der Waals surface area contributed by atoms with Crippen molar-refractivity contribution in [1.82, 2.24) is 10.2 Å². The molecule has 3 aromatic carbocycles. The molecule has 10 heteroatoms. The Morgan fingerprint density at radius 3 is 2.30 bits per heavy atom. The van der Waals surface area contributed by atoms with Crippen molar-refractivity contribution in [3.05, 3.63) is 89.5 Å². The smallest absolute Gasteiger partial charge is 0.244 e. The summed E-state index contributed by atoms with van der Waals surface area (Å²) in [6.07, 6.45) is 6.43. The normalized spacial score (nSPS) is 15.7. The monoisotopic (exact) mass is 619 g/mol. The number of anilines is 1. The van der Waals surface area contributed by atoms with Crippen LogP contribution in [0, 0.1) is 6.92 Å². The topological polar surface area (TPSA) is 105 Å². The number of fused-ring (bicyclic) bond motifs is 1. The highest BCUT2D eigenvalue weighted by Crippen LogP contribution is 2.35. The second kappa shape index (κ2) is 14.2. The van der Waals surface area contributed by atoms with E-state index in [4.69, 9.17) is 9.47 Å². The van der Waals surface area contributed by atoms with Crippen LogP contribution in [0.2, 0.25) is 0 Å². The Hall–Kier alpha value is -4.05. The molecule has 1 aliphatic heterocycles. The summed E-state index contributed by atoms with van der Waals surface area (Å²) in [5.74, 6) is 0.227. The number of sulfonamides is 1. The van der Waals surface area contributed by atoms with E-state index in [-0.39, 0.29) is 24.2 Å². The molecule has 5 rings (SSSR count). The standard InChI is InChI=1S/C34H41N3O6S/c1-25-11-9-10-14-27(25)23-36(30(21-26-12-5-3-6-13-26)34(39)35-28-15-7-4-8-16-28)33(38)24-37(44(2,40)41)29-17-18-31-32(22-29)43-20-19-42-31/h3,5-6,9-14,17-18,22,28,30H,4,7-8,15-16,19-21,23-24H2,1-2H3,(H,35,39)/t30-/m1/s1. The molecule has 2 aliphatic rings. The molecule has 44 heavy (non-hydrogen) atoms. The van der Waals surface area contributed by atoms with Gasteiger partial charge >= 0.3 is 0 Å². The summed E-state index contributed by atoms with van der Waals surface area (Å²) in [4.78, 5) is 30.0. The lowest BCUT2D eigenvalue weighted by Gasteiger charge is -2.35. The van der Waals surface area contributed by atoms with Gasteiger partial charge in [0.15, 0.2) is 11.5 Å². The van der Waals surface area contributed by atoms with Crippen LogP contribution in [-0.4, -0.2) is 63.2 Å². The van der Waals surface area contributed by atoms with Gasteiger partial charge in [-0.05, 0) is 48.6 Å². The van der Waals surface area contributed by atoms with E-state index < -0.39 is 28.5 Å². The van der Waals surface area contributed by atoms with E-state index in [2.05, 4.69) is 5.32 Å². The molecule has 3 aromatic rings. The average molecular weight is 620 g/mol. The number of hydrogen-bond acceptors (Lipinski definition) is 6. The Labute approximate surface area is 260 Å². The highest BCUT2D eigenvalue weighted by atomic mass is 32.2. The Morgan fingerprint density at radius 2 is 1.59 bits per heavy atom. The van der Waals surface area contributed by atoms with E-state index >= 15 is 0 Å². The molecule has 1 saturated carbocycles. The molecule has 1 heterocycles. The summed E-state index contributed by atoms with van der Waals surface area (Å²) in [6, 6.07) is 21.4. The molecule has 0 saturated heterocycles. The van der Waals surface area contributed by atoms with Gasteiger partial charge in [0.25, 0.3) is 0 Å². The van der Waals surface area contributed by atoms with E-state index in [9.17, 15) is 18.0 Å². The first-order valence-electron chi connectivity index (χ1n) is 15.2. The lowest BCUT2D eigenvalue weighted by Crippen LogP contribution is -2.55. The first-order valence-corrected chi connectivity index (χ1v) is 17.1. The van der Waals surface area contributed by atoms with Gasteiger partial charge in [0.2, 0.25) is 21.8 Å². The van der Waals surface area contributed by atoms with Gasteiger partial charge in [-0.25, -0.2) is 8.42 Å². The van der Waals surface area contributed by atoms with Crippen molar-refractivity contribution < 1.29 is 27.5 Å². The number of carbonyl (C=O) groups is 2. The number of nitrogens with one attached hydrogen (secondary N) is 1. The van der Waals surface area contributed by atoms with Crippen LogP contribution in [0.15, 0.2) is 72.8 Å². The minimum Gasteiger partial charge on any atom is -0.486 e. The van der Waals surface area contributed by atoms with E-state index in [0.29, 0.717) is 31.1 Å². The first-order chi connectivity index (χ1) is 21.2. The Morgan fingerprint density at radius 1 is 0.909 bits per heavy atom. The molecular weight excluding hydrogens is 578 g/mol. The summed E-state index contributed by atoms with van der Waals surface area (Å²) in [5, 5.41) is 3.23. The molecule has 1 fully saturated rings. The molecule has 2 amide bonds. The van der Waals surface area contributed by atoms with Gasteiger partial charge in [0.05, 0.1) is 11.9 Å². The van der Waals surface area contributed by atoms with Crippen LogP contribution in [0.3, 0.4) is 0 Å². The minimum absolute atomic E-state index is 0.0511. The van der Waals surface area contributed by atoms with Crippen molar-refractivity contribution in [2.75, 3.05) is 30.3 Å². The Kier molecular flexibility index (Phi) is 10.1. The van der Waals surface area contributed by atoms with Crippen LogP contribution in [0.5, 0.6) is 11.5 Å². The molecule has 0 radical (unpaired) electrons. The summed E-state index contributed by atoms with van der Waals surface area (Å²) in [7, 11) is -3.89. The van der Waals surface area contributed by atoms with Gasteiger partial charge in [-0.1, -0.05) is 73.9 Å². The molecule has 0 unspecified atom stereocenters. The van der Waals surface area contributed by atoms with Gasteiger partial charge in [-0.3, -0.25) is 13.9 Å². The molecule has 1 aliphatic carbocycles. The quantitative estimate of drug-likeness (QED) is 0.336. The van der Waals surface area contributed by atoms with Crippen molar-refractivity contribution in [2.24, 2.45) is 0 Å². The maximum atomic E-state index is 14.4. The number of ether oxygens (including phenoxy) is 2. The predicted molar refractivity (Wildman–Crippen MR) is 170 cm³/mol. The zero-order chi connectivity index (χ0) is 31.1. The van der Waals surface area contributed by atoms with E-state index in [0.717, 1.165) is 59.4 Å². The maximum absolute atomic E-state index is 14.4. The highest BCUT2D eigenvalue weighted by Gasteiger charge is 2.34. The second-order valence-corrected chi connectivity index (χ2v) is 13.5. The fraction of sp³-hybridized carbons (Fsp3) is 0.412. The summed E-state index contributed by atoms with van der Waals surface area (Å²) in [5.41, 5.74) is 3.05. The molecule has 0 spiro atoms. The summed E-state index contributed by atoms with van der Waals surface area (Å²) >= 11 is 0. The van der Waals surface area contributed by atoms with E-state index in [1.807, 2.05) is 61.5 Å². The number of benzene rings is 3. The minimum atomic E-state index is -3.89. The largest absolute Gasteiger partial charge is 0.486 e. The van der Waals surface area contributed by atoms with E-state index in [1.54, 1.807) is 23.1 Å². The first kappa shape index (κ1) is 31.4. The zero-order valence-corrected chi connectivity index (χ0v) is 26.2. The second-order valence-electron chi connectivity index (χ2n) is 11.6. The van der Waals surface area contributed by atoms with E-state index in [1.165, 1.54) is 0 Å².